The van der Waals surface area contributed by atoms with E-state index in [1.165, 1.54) is 23.1 Å². The molecule has 5 nitrogen and oxygen atoms in total. The smallest absolute Gasteiger partial charge is 0.265 e. The topological polar surface area (TPSA) is 86.8 Å². The summed E-state index contributed by atoms with van der Waals surface area (Å²) in [5.41, 5.74) is 6.63. The van der Waals surface area contributed by atoms with Crippen molar-refractivity contribution < 1.29 is 15.0 Å². The molecule has 0 radical (unpaired) electrons. The number of nitrogens with two attached hydrogens (primary N) is 1. The van der Waals surface area contributed by atoms with E-state index in [0.717, 1.165) is 0 Å². The van der Waals surface area contributed by atoms with Crippen LogP contribution in [0.2, 0.25) is 0 Å². The number of carbonyl (C=O) groups is 1. The molecule has 1 amide bonds. The molecule has 0 aromatic heterocycles. The third kappa shape index (κ3) is 2.44. The highest BCUT2D eigenvalue weighted by molar-refractivity contribution is 6.09. The Bertz CT molecular complexity index is 606. The Labute approximate surface area is 110 Å². The molecule has 0 heterocycles. The second kappa shape index (κ2) is 4.89. The maximum Gasteiger partial charge on any atom is 0.265 e. The standard InChI is InChI=1S/C14H14N2O3/c1-16(10-5-2-4-9(15)8-10)14(19)13-11(17)6-3-7-12(13)18/h2-8,17-18H,15H2,1H3. The summed E-state index contributed by atoms with van der Waals surface area (Å²) in [6.45, 7) is 0. The molecule has 98 valence electrons. The van der Waals surface area contributed by atoms with Crippen molar-refractivity contribution in [3.63, 3.8) is 0 Å². The normalized spacial score (nSPS) is 10.2. The zero-order valence-electron chi connectivity index (χ0n) is 10.4. The molecule has 0 atom stereocenters. The summed E-state index contributed by atoms with van der Waals surface area (Å²) in [6, 6.07) is 10.9. The van der Waals surface area contributed by atoms with Crippen LogP contribution >= 0.6 is 0 Å². The number of carbonyl (C=O) groups excluding carboxylic acids is 1. The van der Waals surface area contributed by atoms with E-state index in [4.69, 9.17) is 5.73 Å². The first-order valence-electron chi connectivity index (χ1n) is 5.65. The van der Waals surface area contributed by atoms with Crippen molar-refractivity contribution in [1.29, 1.82) is 0 Å². The SMILES string of the molecule is CN(C(=O)c1c(O)cccc1O)c1cccc(N)c1. The van der Waals surface area contributed by atoms with Gasteiger partial charge in [-0.1, -0.05) is 12.1 Å². The zero-order chi connectivity index (χ0) is 14.0. The highest BCUT2D eigenvalue weighted by atomic mass is 16.3. The minimum atomic E-state index is -0.513. The van der Waals surface area contributed by atoms with Crippen LogP contribution in [0.1, 0.15) is 10.4 Å². The number of rotatable bonds is 2. The number of aromatic hydroxyl groups is 2. The Balaban J connectivity index is 2.39. The fourth-order valence-corrected chi connectivity index (χ4v) is 1.77. The number of phenolic OH excluding ortho intramolecular Hbond substituents is 2. The number of amides is 1. The number of nitrogen functional groups attached to an aromatic ring is 1. The Morgan fingerprint density at radius 3 is 2.26 bits per heavy atom. The first kappa shape index (κ1) is 12.8. The second-order valence-corrected chi connectivity index (χ2v) is 4.13. The lowest BCUT2D eigenvalue weighted by atomic mass is 10.1. The van der Waals surface area contributed by atoms with Crippen LogP contribution in [0.4, 0.5) is 11.4 Å². The Morgan fingerprint density at radius 1 is 1.11 bits per heavy atom. The Kier molecular flexibility index (Phi) is 3.29. The molecule has 2 aromatic rings. The van der Waals surface area contributed by atoms with E-state index in [2.05, 4.69) is 0 Å². The van der Waals surface area contributed by atoms with Gasteiger partial charge in [-0.15, -0.1) is 0 Å². The molecule has 0 saturated heterocycles. The maximum atomic E-state index is 12.3. The summed E-state index contributed by atoms with van der Waals surface area (Å²) in [5, 5.41) is 19.4. The van der Waals surface area contributed by atoms with E-state index in [-0.39, 0.29) is 17.1 Å². The van der Waals surface area contributed by atoms with Crippen molar-refractivity contribution in [2.24, 2.45) is 0 Å². The van der Waals surface area contributed by atoms with Crippen LogP contribution in [0, 0.1) is 0 Å². The van der Waals surface area contributed by atoms with Gasteiger partial charge in [-0.2, -0.15) is 0 Å². The van der Waals surface area contributed by atoms with Crippen LogP contribution in [0.3, 0.4) is 0 Å². The number of benzene rings is 2. The molecule has 0 unspecified atom stereocenters. The van der Waals surface area contributed by atoms with Crippen molar-refractivity contribution in [2.75, 3.05) is 17.7 Å². The highest BCUT2D eigenvalue weighted by Crippen LogP contribution is 2.29. The molecule has 0 spiro atoms. The predicted octanol–water partition coefficient (Wildman–Crippen LogP) is 1.96. The van der Waals surface area contributed by atoms with Crippen molar-refractivity contribution >= 4 is 17.3 Å². The minimum absolute atomic E-state index is 0.132. The van der Waals surface area contributed by atoms with E-state index in [0.29, 0.717) is 11.4 Å². The van der Waals surface area contributed by atoms with E-state index in [1.54, 1.807) is 31.3 Å². The lowest BCUT2D eigenvalue weighted by Crippen LogP contribution is -2.26. The summed E-state index contributed by atoms with van der Waals surface area (Å²) in [6.07, 6.45) is 0. The molecule has 0 bridgehead atoms. The number of nitrogens with zero attached hydrogens (tertiary/aromatic N) is 1. The van der Waals surface area contributed by atoms with Gasteiger partial charge in [0.1, 0.15) is 17.1 Å². The average Bonchev–Trinajstić information content (AvgIpc) is 2.37. The first-order valence-corrected chi connectivity index (χ1v) is 5.65. The van der Waals surface area contributed by atoms with Crippen LogP contribution in [0.15, 0.2) is 42.5 Å². The van der Waals surface area contributed by atoms with Gasteiger partial charge in [-0.3, -0.25) is 4.79 Å². The average molecular weight is 258 g/mol. The quantitative estimate of drug-likeness (QED) is 0.718. The maximum absolute atomic E-state index is 12.3. The van der Waals surface area contributed by atoms with E-state index < -0.39 is 5.91 Å². The van der Waals surface area contributed by atoms with Crippen LogP contribution in [0.25, 0.3) is 0 Å². The molecular weight excluding hydrogens is 244 g/mol. The molecular formula is C14H14N2O3. The summed E-state index contributed by atoms with van der Waals surface area (Å²) in [5.74, 6) is -1.04. The van der Waals surface area contributed by atoms with Crippen LogP contribution in [-0.2, 0) is 0 Å². The molecule has 2 aromatic carbocycles. The number of hydrogen-bond donors (Lipinski definition) is 3. The van der Waals surface area contributed by atoms with Gasteiger partial charge in [0.25, 0.3) is 5.91 Å². The van der Waals surface area contributed by atoms with Gasteiger partial charge < -0.3 is 20.8 Å². The lowest BCUT2D eigenvalue weighted by molar-refractivity contribution is 0.0988. The molecule has 19 heavy (non-hydrogen) atoms. The molecule has 0 aliphatic carbocycles. The fraction of sp³-hybridized carbons (Fsp3) is 0.0714. The minimum Gasteiger partial charge on any atom is -0.507 e. The van der Waals surface area contributed by atoms with E-state index in [1.807, 2.05) is 0 Å². The van der Waals surface area contributed by atoms with Gasteiger partial charge in [0.05, 0.1) is 0 Å². The van der Waals surface area contributed by atoms with Gasteiger partial charge in [0, 0.05) is 18.4 Å². The molecule has 5 heteroatoms. The first-order chi connectivity index (χ1) is 9.00. The van der Waals surface area contributed by atoms with Gasteiger partial charge in [0.15, 0.2) is 0 Å². The number of anilines is 2. The van der Waals surface area contributed by atoms with Crippen LogP contribution in [0.5, 0.6) is 11.5 Å². The summed E-state index contributed by atoms with van der Waals surface area (Å²) in [4.78, 5) is 13.6. The van der Waals surface area contributed by atoms with Crippen molar-refractivity contribution in [3.8, 4) is 11.5 Å². The second-order valence-electron chi connectivity index (χ2n) is 4.13. The van der Waals surface area contributed by atoms with Crippen molar-refractivity contribution in [3.05, 3.63) is 48.0 Å². The lowest BCUT2D eigenvalue weighted by Gasteiger charge is -2.18. The third-order valence-electron chi connectivity index (χ3n) is 2.80. The highest BCUT2D eigenvalue weighted by Gasteiger charge is 2.20. The number of phenols is 2. The summed E-state index contributed by atoms with van der Waals surface area (Å²) < 4.78 is 0. The van der Waals surface area contributed by atoms with Crippen LogP contribution < -0.4 is 10.6 Å². The zero-order valence-corrected chi connectivity index (χ0v) is 10.4. The summed E-state index contributed by atoms with van der Waals surface area (Å²) >= 11 is 0. The van der Waals surface area contributed by atoms with Gasteiger partial charge in [0.2, 0.25) is 0 Å². The molecule has 0 saturated carbocycles. The number of hydrogen-bond acceptors (Lipinski definition) is 4. The molecule has 0 aliphatic rings. The van der Waals surface area contributed by atoms with Crippen molar-refractivity contribution in [1.82, 2.24) is 0 Å². The van der Waals surface area contributed by atoms with Gasteiger partial charge in [-0.05, 0) is 30.3 Å². The van der Waals surface area contributed by atoms with E-state index in [9.17, 15) is 15.0 Å². The summed E-state index contributed by atoms with van der Waals surface area (Å²) in [7, 11) is 1.54. The van der Waals surface area contributed by atoms with Gasteiger partial charge >= 0.3 is 0 Å². The Morgan fingerprint density at radius 2 is 1.68 bits per heavy atom. The molecule has 0 fully saturated rings. The predicted molar refractivity (Wildman–Crippen MR) is 73.4 cm³/mol. The third-order valence-corrected chi connectivity index (χ3v) is 2.80. The molecule has 0 aliphatic heterocycles. The molecule has 2 rings (SSSR count). The molecule has 4 N–H and O–H groups in total. The van der Waals surface area contributed by atoms with Crippen molar-refractivity contribution in [2.45, 2.75) is 0 Å². The van der Waals surface area contributed by atoms with E-state index >= 15 is 0 Å². The largest absolute Gasteiger partial charge is 0.507 e. The monoisotopic (exact) mass is 258 g/mol. The van der Waals surface area contributed by atoms with Gasteiger partial charge in [-0.25, -0.2) is 0 Å². The van der Waals surface area contributed by atoms with Crippen LogP contribution in [-0.4, -0.2) is 23.2 Å². The Hall–Kier alpha value is -2.69. The fourth-order valence-electron chi connectivity index (χ4n) is 1.77.